The van der Waals surface area contributed by atoms with E-state index in [0.29, 0.717) is 0 Å². The Labute approximate surface area is 109 Å². The van der Waals surface area contributed by atoms with Crippen LogP contribution in [-0.2, 0) is 9.59 Å². The molecule has 1 rings (SSSR count). The average molecular weight is 269 g/mol. The monoisotopic (exact) mass is 269 g/mol. The van der Waals surface area contributed by atoms with E-state index in [4.69, 9.17) is 5.11 Å². The zero-order valence-electron chi connectivity index (χ0n) is 9.87. The van der Waals surface area contributed by atoms with Crippen molar-refractivity contribution < 1.29 is 19.8 Å². The highest BCUT2D eigenvalue weighted by atomic mass is 32.2. The molecular formula is C12H15NO4S. The summed E-state index contributed by atoms with van der Waals surface area (Å²) in [7, 11) is 0. The van der Waals surface area contributed by atoms with Gasteiger partial charge < -0.3 is 15.5 Å². The van der Waals surface area contributed by atoms with Crippen molar-refractivity contribution in [2.75, 3.05) is 5.75 Å². The predicted molar refractivity (Wildman–Crippen MR) is 69.1 cm³/mol. The summed E-state index contributed by atoms with van der Waals surface area (Å²) in [6, 6.07) is 8.96. The molecule has 0 spiro atoms. The molecule has 0 aliphatic carbocycles. The number of aliphatic carboxylic acids is 1. The maximum absolute atomic E-state index is 10.9. The number of hydrogen-bond donors (Lipinski definition) is 3. The van der Waals surface area contributed by atoms with E-state index in [-0.39, 0.29) is 5.75 Å². The summed E-state index contributed by atoms with van der Waals surface area (Å²) in [6.45, 7) is 1.25. The molecule has 0 aromatic heterocycles. The van der Waals surface area contributed by atoms with Gasteiger partial charge in [0.25, 0.3) is 0 Å². The zero-order valence-corrected chi connectivity index (χ0v) is 10.7. The van der Waals surface area contributed by atoms with Crippen LogP contribution in [0.2, 0.25) is 0 Å². The number of aliphatic hydroxyl groups is 1. The Morgan fingerprint density at radius 1 is 1.33 bits per heavy atom. The lowest BCUT2D eigenvalue weighted by Gasteiger charge is -2.15. The summed E-state index contributed by atoms with van der Waals surface area (Å²) in [5.74, 6) is -1.35. The molecule has 0 saturated heterocycles. The molecule has 2 atom stereocenters. The van der Waals surface area contributed by atoms with E-state index >= 15 is 0 Å². The van der Waals surface area contributed by atoms with E-state index in [1.54, 1.807) is 24.3 Å². The first-order valence-electron chi connectivity index (χ1n) is 5.35. The highest BCUT2D eigenvalue weighted by Gasteiger charge is 2.20. The number of amides is 1. The van der Waals surface area contributed by atoms with E-state index in [9.17, 15) is 14.7 Å². The van der Waals surface area contributed by atoms with E-state index in [2.05, 4.69) is 5.32 Å². The van der Waals surface area contributed by atoms with Crippen molar-refractivity contribution in [3.05, 3.63) is 35.9 Å². The predicted octanol–water partition coefficient (Wildman–Crippen LogP) is 1.00. The highest BCUT2D eigenvalue weighted by molar-refractivity contribution is 8.00. The van der Waals surface area contributed by atoms with Crippen LogP contribution in [0.15, 0.2) is 30.3 Å². The fourth-order valence-corrected chi connectivity index (χ4v) is 2.28. The maximum atomic E-state index is 10.9. The van der Waals surface area contributed by atoms with Gasteiger partial charge in [0.05, 0.1) is 6.10 Å². The van der Waals surface area contributed by atoms with Crippen LogP contribution in [0.4, 0.5) is 0 Å². The number of benzene rings is 1. The third kappa shape index (κ3) is 4.77. The lowest BCUT2D eigenvalue weighted by atomic mass is 10.1. The Balaban J connectivity index is 2.52. The van der Waals surface area contributed by atoms with E-state index in [1.165, 1.54) is 6.92 Å². The third-order valence-electron chi connectivity index (χ3n) is 2.16. The molecule has 18 heavy (non-hydrogen) atoms. The quantitative estimate of drug-likeness (QED) is 0.671. The van der Waals surface area contributed by atoms with Crippen LogP contribution in [0.1, 0.15) is 18.6 Å². The van der Waals surface area contributed by atoms with Crippen molar-refractivity contribution in [1.82, 2.24) is 5.32 Å². The SMILES string of the molecule is CC(=O)N[C@H](SC[C@H](O)c1ccccc1)C(=O)O. The first kappa shape index (κ1) is 14.5. The van der Waals surface area contributed by atoms with Gasteiger partial charge in [-0.05, 0) is 5.56 Å². The van der Waals surface area contributed by atoms with Gasteiger partial charge in [0, 0.05) is 12.7 Å². The van der Waals surface area contributed by atoms with E-state index in [1.807, 2.05) is 6.07 Å². The lowest BCUT2D eigenvalue weighted by molar-refractivity contribution is -0.138. The number of carboxylic acids is 1. The maximum Gasteiger partial charge on any atom is 0.336 e. The van der Waals surface area contributed by atoms with Crippen molar-refractivity contribution in [1.29, 1.82) is 0 Å². The summed E-state index contributed by atoms with van der Waals surface area (Å²) in [6.07, 6.45) is -0.758. The van der Waals surface area contributed by atoms with Gasteiger partial charge in [0.15, 0.2) is 5.37 Å². The average Bonchev–Trinajstić information content (AvgIpc) is 2.34. The second-order valence-electron chi connectivity index (χ2n) is 3.68. The van der Waals surface area contributed by atoms with Gasteiger partial charge in [-0.15, -0.1) is 11.8 Å². The van der Waals surface area contributed by atoms with Crippen molar-refractivity contribution in [3.63, 3.8) is 0 Å². The number of carbonyl (C=O) groups is 2. The molecule has 3 N–H and O–H groups in total. The summed E-state index contributed by atoms with van der Waals surface area (Å²) < 4.78 is 0. The molecule has 0 unspecified atom stereocenters. The van der Waals surface area contributed by atoms with Gasteiger partial charge in [0.1, 0.15) is 0 Å². The molecule has 1 aromatic rings. The minimum atomic E-state index is -1.13. The van der Waals surface area contributed by atoms with Gasteiger partial charge in [0.2, 0.25) is 5.91 Å². The summed E-state index contributed by atoms with van der Waals surface area (Å²) in [4.78, 5) is 21.7. The molecule has 0 saturated carbocycles. The fraction of sp³-hybridized carbons (Fsp3) is 0.333. The van der Waals surface area contributed by atoms with Crippen LogP contribution in [0.25, 0.3) is 0 Å². The molecule has 0 aliphatic heterocycles. The molecule has 0 heterocycles. The zero-order chi connectivity index (χ0) is 13.5. The Bertz CT molecular complexity index is 410. The molecule has 0 bridgehead atoms. The highest BCUT2D eigenvalue weighted by Crippen LogP contribution is 2.20. The van der Waals surface area contributed by atoms with Gasteiger partial charge in [-0.2, -0.15) is 0 Å². The summed E-state index contributed by atoms with van der Waals surface area (Å²) in [5, 5.41) is 20.0. The van der Waals surface area contributed by atoms with Crippen molar-refractivity contribution in [2.45, 2.75) is 18.4 Å². The smallest absolute Gasteiger partial charge is 0.336 e. The Morgan fingerprint density at radius 2 is 1.94 bits per heavy atom. The second-order valence-corrected chi connectivity index (χ2v) is 4.82. The standard InChI is InChI=1S/C12H15NO4S/c1-8(14)13-11(12(16)17)18-7-10(15)9-5-3-2-4-6-9/h2-6,10-11,15H,7H2,1H3,(H,13,14)(H,16,17)/t10-,11+/m0/s1. The Hall–Kier alpha value is -1.53. The van der Waals surface area contributed by atoms with Crippen molar-refractivity contribution in [2.24, 2.45) is 0 Å². The molecule has 0 fully saturated rings. The van der Waals surface area contributed by atoms with E-state index < -0.39 is 23.4 Å². The van der Waals surface area contributed by atoms with Crippen LogP contribution in [-0.4, -0.2) is 33.2 Å². The topological polar surface area (TPSA) is 86.6 Å². The van der Waals surface area contributed by atoms with Crippen molar-refractivity contribution >= 4 is 23.6 Å². The van der Waals surface area contributed by atoms with Gasteiger partial charge in [-0.25, -0.2) is 4.79 Å². The number of hydrogen-bond acceptors (Lipinski definition) is 4. The largest absolute Gasteiger partial charge is 0.479 e. The molecule has 0 aliphatic rings. The lowest BCUT2D eigenvalue weighted by Crippen LogP contribution is -2.37. The summed E-state index contributed by atoms with van der Waals surface area (Å²) in [5.41, 5.74) is 0.719. The Kier molecular flexibility index (Phi) is 5.67. The molecule has 0 radical (unpaired) electrons. The number of nitrogens with one attached hydrogen (secondary N) is 1. The molecule has 1 aromatic carbocycles. The minimum Gasteiger partial charge on any atom is -0.479 e. The minimum absolute atomic E-state index is 0.196. The van der Waals surface area contributed by atoms with Crippen molar-refractivity contribution in [3.8, 4) is 0 Å². The van der Waals surface area contributed by atoms with Crippen LogP contribution in [0.3, 0.4) is 0 Å². The first-order chi connectivity index (χ1) is 8.50. The fourth-order valence-electron chi connectivity index (χ4n) is 1.32. The van der Waals surface area contributed by atoms with Crippen LogP contribution in [0, 0.1) is 0 Å². The van der Waals surface area contributed by atoms with Gasteiger partial charge in [-0.1, -0.05) is 30.3 Å². The second kappa shape index (κ2) is 7.03. The number of carboxylic acid groups (broad SMARTS) is 1. The van der Waals surface area contributed by atoms with Crippen LogP contribution < -0.4 is 5.32 Å². The number of carbonyl (C=O) groups excluding carboxylic acids is 1. The summed E-state index contributed by atoms with van der Waals surface area (Å²) >= 11 is 0.979. The molecular weight excluding hydrogens is 254 g/mol. The number of rotatable bonds is 6. The van der Waals surface area contributed by atoms with Crippen LogP contribution >= 0.6 is 11.8 Å². The molecule has 5 nitrogen and oxygen atoms in total. The molecule has 98 valence electrons. The van der Waals surface area contributed by atoms with E-state index in [0.717, 1.165) is 17.3 Å². The normalized spacial score (nSPS) is 13.7. The number of thioether (sulfide) groups is 1. The van der Waals surface area contributed by atoms with Crippen LogP contribution in [0.5, 0.6) is 0 Å². The molecule has 1 amide bonds. The Morgan fingerprint density at radius 3 is 2.44 bits per heavy atom. The third-order valence-corrected chi connectivity index (χ3v) is 3.32. The molecule has 6 heteroatoms. The van der Waals surface area contributed by atoms with Gasteiger partial charge in [-0.3, -0.25) is 4.79 Å². The van der Waals surface area contributed by atoms with Gasteiger partial charge >= 0.3 is 5.97 Å². The number of aliphatic hydroxyl groups excluding tert-OH is 1. The first-order valence-corrected chi connectivity index (χ1v) is 6.40.